The van der Waals surface area contributed by atoms with Crippen molar-refractivity contribution in [2.45, 2.75) is 26.3 Å². The third-order valence-electron chi connectivity index (χ3n) is 4.22. The molecule has 0 atom stereocenters. The number of nitrogens with zero attached hydrogens (tertiary/aromatic N) is 1. The van der Waals surface area contributed by atoms with E-state index in [0.717, 1.165) is 29.9 Å². The van der Waals surface area contributed by atoms with E-state index in [-0.39, 0.29) is 11.7 Å². The standard InChI is InChI=1S/C19H20FN3OS/c1-13-11-15(8-9-17(13)23-10-4-7-18(23)24)22-19(25)21-12-14-5-2-3-6-16(14)20/h2-3,5-6,8-9,11H,4,7,10,12H2,1H3,(H2,21,22,25). The third kappa shape index (κ3) is 4.14. The van der Waals surface area contributed by atoms with Crippen molar-refractivity contribution in [3.63, 3.8) is 0 Å². The van der Waals surface area contributed by atoms with Crippen molar-refractivity contribution in [1.29, 1.82) is 0 Å². The molecule has 2 N–H and O–H groups in total. The monoisotopic (exact) mass is 357 g/mol. The maximum atomic E-state index is 13.6. The molecule has 1 saturated heterocycles. The quantitative estimate of drug-likeness (QED) is 0.818. The lowest BCUT2D eigenvalue weighted by Gasteiger charge is -2.19. The second-order valence-corrected chi connectivity index (χ2v) is 6.46. The van der Waals surface area contributed by atoms with Crippen LogP contribution in [0.4, 0.5) is 15.8 Å². The number of halogens is 1. The van der Waals surface area contributed by atoms with Gasteiger partial charge in [0.1, 0.15) is 5.82 Å². The normalized spacial score (nSPS) is 13.8. The van der Waals surface area contributed by atoms with E-state index in [1.165, 1.54) is 6.07 Å². The lowest BCUT2D eigenvalue weighted by molar-refractivity contribution is -0.117. The van der Waals surface area contributed by atoms with Crippen LogP contribution in [0.25, 0.3) is 0 Å². The Kier molecular flexibility index (Phi) is 5.28. The van der Waals surface area contributed by atoms with E-state index in [9.17, 15) is 9.18 Å². The van der Waals surface area contributed by atoms with Crippen LogP contribution < -0.4 is 15.5 Å². The van der Waals surface area contributed by atoms with E-state index in [0.29, 0.717) is 23.6 Å². The van der Waals surface area contributed by atoms with Crippen molar-refractivity contribution in [2.24, 2.45) is 0 Å². The number of thiocarbonyl (C=S) groups is 1. The summed E-state index contributed by atoms with van der Waals surface area (Å²) < 4.78 is 13.6. The number of hydrogen-bond donors (Lipinski definition) is 2. The lowest BCUT2D eigenvalue weighted by atomic mass is 10.1. The Morgan fingerprint density at radius 3 is 2.76 bits per heavy atom. The van der Waals surface area contributed by atoms with Crippen LogP contribution in [-0.2, 0) is 11.3 Å². The number of hydrogen-bond acceptors (Lipinski definition) is 2. The number of rotatable bonds is 4. The summed E-state index contributed by atoms with van der Waals surface area (Å²) in [7, 11) is 0. The van der Waals surface area contributed by atoms with Crippen LogP contribution in [0.15, 0.2) is 42.5 Å². The van der Waals surface area contributed by atoms with E-state index in [1.54, 1.807) is 18.2 Å². The molecule has 4 nitrogen and oxygen atoms in total. The van der Waals surface area contributed by atoms with Gasteiger partial charge >= 0.3 is 0 Å². The highest BCUT2D eigenvalue weighted by Crippen LogP contribution is 2.27. The van der Waals surface area contributed by atoms with Crippen molar-refractivity contribution in [2.75, 3.05) is 16.8 Å². The van der Waals surface area contributed by atoms with Crippen molar-refractivity contribution < 1.29 is 9.18 Å². The van der Waals surface area contributed by atoms with Crippen LogP contribution in [0.1, 0.15) is 24.0 Å². The van der Waals surface area contributed by atoms with Crippen LogP contribution in [0.2, 0.25) is 0 Å². The predicted molar refractivity (Wildman–Crippen MR) is 102 cm³/mol. The molecule has 2 aromatic carbocycles. The van der Waals surface area contributed by atoms with E-state index < -0.39 is 0 Å². The maximum Gasteiger partial charge on any atom is 0.227 e. The van der Waals surface area contributed by atoms with Gasteiger partial charge in [0.2, 0.25) is 5.91 Å². The Labute approximate surface area is 152 Å². The molecule has 25 heavy (non-hydrogen) atoms. The highest BCUT2D eigenvalue weighted by atomic mass is 32.1. The number of carbonyl (C=O) groups is 1. The maximum absolute atomic E-state index is 13.6. The number of carbonyl (C=O) groups excluding carboxylic acids is 1. The van der Waals surface area contributed by atoms with Crippen LogP contribution in [0, 0.1) is 12.7 Å². The summed E-state index contributed by atoms with van der Waals surface area (Å²) in [5.74, 6) is -0.0841. The second-order valence-electron chi connectivity index (χ2n) is 6.05. The molecule has 2 aromatic rings. The van der Waals surface area contributed by atoms with Crippen molar-refractivity contribution in [1.82, 2.24) is 5.32 Å². The Balaban J connectivity index is 1.61. The minimum atomic E-state index is -0.256. The zero-order valence-electron chi connectivity index (χ0n) is 14.0. The van der Waals surface area contributed by atoms with Crippen LogP contribution in [0.5, 0.6) is 0 Å². The fourth-order valence-corrected chi connectivity index (χ4v) is 3.12. The van der Waals surface area contributed by atoms with Crippen molar-refractivity contribution in [3.8, 4) is 0 Å². The summed E-state index contributed by atoms with van der Waals surface area (Å²) in [6.45, 7) is 3.06. The minimum Gasteiger partial charge on any atom is -0.358 e. The van der Waals surface area contributed by atoms with Gasteiger partial charge in [0.05, 0.1) is 0 Å². The highest BCUT2D eigenvalue weighted by molar-refractivity contribution is 7.80. The average Bonchev–Trinajstić information content (AvgIpc) is 3.00. The Bertz CT molecular complexity index is 809. The van der Waals surface area contributed by atoms with E-state index >= 15 is 0 Å². The number of anilines is 2. The number of aryl methyl sites for hydroxylation is 1. The number of nitrogens with one attached hydrogen (secondary N) is 2. The molecule has 1 amide bonds. The fraction of sp³-hybridized carbons (Fsp3) is 0.263. The summed E-state index contributed by atoms with van der Waals surface area (Å²) in [6.07, 6.45) is 1.52. The van der Waals surface area contributed by atoms with Gasteiger partial charge in [-0.2, -0.15) is 0 Å². The molecule has 0 radical (unpaired) electrons. The SMILES string of the molecule is Cc1cc(NC(=S)NCc2ccccc2F)ccc1N1CCCC1=O. The topological polar surface area (TPSA) is 44.4 Å². The Morgan fingerprint density at radius 1 is 1.28 bits per heavy atom. The molecule has 1 fully saturated rings. The molecule has 0 aromatic heterocycles. The molecule has 6 heteroatoms. The zero-order chi connectivity index (χ0) is 17.8. The molecule has 130 valence electrons. The first kappa shape index (κ1) is 17.4. The van der Waals surface area contributed by atoms with Gasteiger partial charge in [0.25, 0.3) is 0 Å². The Morgan fingerprint density at radius 2 is 2.08 bits per heavy atom. The molecular weight excluding hydrogens is 337 g/mol. The molecule has 0 bridgehead atoms. The molecular formula is C19H20FN3OS. The predicted octanol–water partition coefficient (Wildman–Crippen LogP) is 3.75. The first-order valence-electron chi connectivity index (χ1n) is 8.24. The highest BCUT2D eigenvalue weighted by Gasteiger charge is 2.22. The zero-order valence-corrected chi connectivity index (χ0v) is 14.8. The van der Waals surface area contributed by atoms with Gasteiger partial charge in [-0.05, 0) is 55.4 Å². The van der Waals surface area contributed by atoms with Gasteiger partial charge in [-0.15, -0.1) is 0 Å². The van der Waals surface area contributed by atoms with Crippen molar-refractivity contribution >= 4 is 34.6 Å². The first-order chi connectivity index (χ1) is 12.0. The molecule has 0 saturated carbocycles. The fourth-order valence-electron chi connectivity index (χ4n) is 2.93. The van der Waals surface area contributed by atoms with Gasteiger partial charge in [-0.3, -0.25) is 4.79 Å². The molecule has 3 rings (SSSR count). The smallest absolute Gasteiger partial charge is 0.227 e. The number of amides is 1. The van der Waals surface area contributed by atoms with Gasteiger partial charge in [0.15, 0.2) is 5.11 Å². The molecule has 0 unspecified atom stereocenters. The lowest BCUT2D eigenvalue weighted by Crippen LogP contribution is -2.28. The summed E-state index contributed by atoms with van der Waals surface area (Å²) in [5, 5.41) is 6.52. The van der Waals surface area contributed by atoms with Crippen molar-refractivity contribution in [3.05, 3.63) is 59.4 Å². The Hall–Kier alpha value is -2.47. The van der Waals surface area contributed by atoms with Crippen LogP contribution in [-0.4, -0.2) is 17.6 Å². The third-order valence-corrected chi connectivity index (χ3v) is 4.46. The van der Waals surface area contributed by atoms with Gasteiger partial charge in [-0.1, -0.05) is 18.2 Å². The molecule has 0 aliphatic carbocycles. The van der Waals surface area contributed by atoms with Gasteiger partial charge < -0.3 is 15.5 Å². The van der Waals surface area contributed by atoms with Gasteiger partial charge in [-0.25, -0.2) is 4.39 Å². The number of benzene rings is 2. The summed E-state index contributed by atoms with van der Waals surface area (Å²) >= 11 is 5.27. The second kappa shape index (κ2) is 7.61. The average molecular weight is 357 g/mol. The van der Waals surface area contributed by atoms with E-state index in [4.69, 9.17) is 12.2 Å². The molecule has 1 aliphatic rings. The summed E-state index contributed by atoms with van der Waals surface area (Å²) in [6, 6.07) is 12.4. The first-order valence-corrected chi connectivity index (χ1v) is 8.64. The molecule has 0 spiro atoms. The van der Waals surface area contributed by atoms with E-state index in [1.807, 2.05) is 30.0 Å². The van der Waals surface area contributed by atoms with Gasteiger partial charge in [0, 0.05) is 36.4 Å². The minimum absolute atomic E-state index is 0.172. The van der Waals surface area contributed by atoms with Crippen LogP contribution in [0.3, 0.4) is 0 Å². The molecule has 1 heterocycles. The largest absolute Gasteiger partial charge is 0.358 e. The summed E-state index contributed by atoms with van der Waals surface area (Å²) in [4.78, 5) is 13.7. The van der Waals surface area contributed by atoms with E-state index in [2.05, 4.69) is 10.6 Å². The summed E-state index contributed by atoms with van der Waals surface area (Å²) in [5.41, 5.74) is 3.35. The molecule has 1 aliphatic heterocycles. The van der Waals surface area contributed by atoms with Crippen LogP contribution >= 0.6 is 12.2 Å².